The van der Waals surface area contributed by atoms with Crippen molar-refractivity contribution in [2.45, 2.75) is 6.10 Å². The molecule has 0 saturated heterocycles. The molecule has 0 unspecified atom stereocenters. The van der Waals surface area contributed by atoms with Gasteiger partial charge in [0.05, 0.1) is 6.61 Å². The Morgan fingerprint density at radius 2 is 1.30 bits per heavy atom. The molecule has 0 fully saturated rings. The van der Waals surface area contributed by atoms with Gasteiger partial charge >= 0.3 is 0 Å². The van der Waals surface area contributed by atoms with Gasteiger partial charge in [0.2, 0.25) is 0 Å². The van der Waals surface area contributed by atoms with Crippen LogP contribution in [0.5, 0.6) is 0 Å². The van der Waals surface area contributed by atoms with Gasteiger partial charge in [0.15, 0.2) is 0 Å². The Labute approximate surface area is 121 Å². The lowest BCUT2D eigenvalue weighted by atomic mass is 10.0. The minimum Gasteiger partial charge on any atom is -0.367 e. The van der Waals surface area contributed by atoms with Crippen LogP contribution in [-0.2, 0) is 4.74 Å². The maximum Gasteiger partial charge on any atom is 0.108 e. The quantitative estimate of drug-likeness (QED) is 0.875. The van der Waals surface area contributed by atoms with Crippen LogP contribution >= 0.6 is 0 Å². The van der Waals surface area contributed by atoms with Crippen LogP contribution in [0.1, 0.15) is 17.2 Å². The molecule has 0 aliphatic heterocycles. The first-order valence-corrected chi connectivity index (χ1v) is 6.63. The van der Waals surface area contributed by atoms with Gasteiger partial charge in [0.25, 0.3) is 0 Å². The minimum atomic E-state index is 0. The second-order valence-corrected chi connectivity index (χ2v) is 4.88. The largest absolute Gasteiger partial charge is 0.367 e. The van der Waals surface area contributed by atoms with E-state index in [0.29, 0.717) is 0 Å². The van der Waals surface area contributed by atoms with Crippen LogP contribution in [0.3, 0.4) is 0 Å². The molecule has 2 rings (SSSR count). The summed E-state index contributed by atoms with van der Waals surface area (Å²) in [6.07, 6.45) is 0.0161. The van der Waals surface area contributed by atoms with Gasteiger partial charge in [-0.2, -0.15) is 0 Å². The predicted molar refractivity (Wildman–Crippen MR) is 84.3 cm³/mol. The SMILES string of the molecule is CN(C)CCOC(c1ccccc1)c1ccccc1.N. The van der Waals surface area contributed by atoms with Gasteiger partial charge in [-0.15, -0.1) is 0 Å². The third-order valence-electron chi connectivity index (χ3n) is 3.03. The van der Waals surface area contributed by atoms with Crippen LogP contribution < -0.4 is 6.15 Å². The van der Waals surface area contributed by atoms with E-state index in [1.165, 1.54) is 11.1 Å². The van der Waals surface area contributed by atoms with Crippen molar-refractivity contribution in [3.05, 3.63) is 71.8 Å². The van der Waals surface area contributed by atoms with E-state index >= 15 is 0 Å². The summed E-state index contributed by atoms with van der Waals surface area (Å²) in [5, 5.41) is 0. The predicted octanol–water partition coefficient (Wildman–Crippen LogP) is 3.52. The second kappa shape index (κ2) is 8.48. The van der Waals surface area contributed by atoms with Gasteiger partial charge in [-0.1, -0.05) is 60.7 Å². The third-order valence-corrected chi connectivity index (χ3v) is 3.03. The molecule has 3 heteroatoms. The van der Waals surface area contributed by atoms with E-state index in [9.17, 15) is 0 Å². The summed E-state index contributed by atoms with van der Waals surface area (Å²) >= 11 is 0. The Morgan fingerprint density at radius 3 is 1.70 bits per heavy atom. The highest BCUT2D eigenvalue weighted by atomic mass is 16.5. The second-order valence-electron chi connectivity index (χ2n) is 4.88. The zero-order valence-corrected chi connectivity index (χ0v) is 12.3. The molecule has 0 aromatic heterocycles. The van der Waals surface area contributed by atoms with Crippen molar-refractivity contribution >= 4 is 0 Å². The molecule has 108 valence electrons. The van der Waals surface area contributed by atoms with Crippen molar-refractivity contribution in [3.63, 3.8) is 0 Å². The van der Waals surface area contributed by atoms with Crippen molar-refractivity contribution in [2.75, 3.05) is 27.2 Å². The molecule has 0 aliphatic carbocycles. The molecule has 0 heterocycles. The summed E-state index contributed by atoms with van der Waals surface area (Å²) in [6.45, 7) is 1.65. The number of ether oxygens (including phenoxy) is 1. The Hall–Kier alpha value is -1.68. The van der Waals surface area contributed by atoms with E-state index in [2.05, 4.69) is 67.5 Å². The average Bonchev–Trinajstić information content (AvgIpc) is 2.45. The van der Waals surface area contributed by atoms with E-state index in [1.54, 1.807) is 0 Å². The van der Waals surface area contributed by atoms with Gasteiger partial charge in [0.1, 0.15) is 6.10 Å². The molecule has 2 aromatic carbocycles. The fraction of sp³-hybridized carbons (Fsp3) is 0.294. The van der Waals surface area contributed by atoms with Crippen molar-refractivity contribution in [1.82, 2.24) is 11.1 Å². The molecule has 0 amide bonds. The summed E-state index contributed by atoms with van der Waals surface area (Å²) in [6, 6.07) is 20.8. The molecular formula is C17H24N2O. The Kier molecular flexibility index (Phi) is 6.94. The number of rotatable bonds is 6. The van der Waals surface area contributed by atoms with Gasteiger partial charge in [-0.25, -0.2) is 0 Å². The molecule has 3 nitrogen and oxygen atoms in total. The first-order valence-electron chi connectivity index (χ1n) is 6.63. The van der Waals surface area contributed by atoms with Crippen LogP contribution in [0.25, 0.3) is 0 Å². The van der Waals surface area contributed by atoms with Gasteiger partial charge < -0.3 is 15.8 Å². The lowest BCUT2D eigenvalue weighted by Crippen LogP contribution is -2.20. The standard InChI is InChI=1S/C17H21NO.H3N/c1-18(2)13-14-19-17(15-9-5-3-6-10-15)16-11-7-4-8-12-16;/h3-12,17H,13-14H2,1-2H3;1H3. The zero-order valence-electron chi connectivity index (χ0n) is 12.3. The highest BCUT2D eigenvalue weighted by molar-refractivity contribution is 5.29. The highest BCUT2D eigenvalue weighted by Gasteiger charge is 2.13. The summed E-state index contributed by atoms with van der Waals surface area (Å²) in [7, 11) is 4.12. The van der Waals surface area contributed by atoms with Crippen LogP contribution in [0.4, 0.5) is 0 Å². The van der Waals surface area contributed by atoms with Crippen molar-refractivity contribution in [3.8, 4) is 0 Å². The first kappa shape index (κ1) is 16.4. The maximum absolute atomic E-state index is 6.08. The van der Waals surface area contributed by atoms with Gasteiger partial charge in [-0.05, 0) is 25.2 Å². The Bertz CT molecular complexity index is 431. The number of hydrogen-bond acceptors (Lipinski definition) is 3. The molecule has 0 bridgehead atoms. The third kappa shape index (κ3) is 4.78. The summed E-state index contributed by atoms with van der Waals surface area (Å²) in [5.41, 5.74) is 2.40. The first-order chi connectivity index (χ1) is 9.27. The van der Waals surface area contributed by atoms with E-state index in [-0.39, 0.29) is 12.3 Å². The molecule has 2 aromatic rings. The van der Waals surface area contributed by atoms with Crippen molar-refractivity contribution in [1.29, 1.82) is 0 Å². The molecule has 3 N–H and O–H groups in total. The average molecular weight is 272 g/mol. The fourth-order valence-electron chi connectivity index (χ4n) is 1.99. The molecule has 0 aliphatic rings. The van der Waals surface area contributed by atoms with E-state index < -0.39 is 0 Å². The number of likely N-dealkylation sites (N-methyl/N-ethyl adjacent to an activating group) is 1. The summed E-state index contributed by atoms with van der Waals surface area (Å²) < 4.78 is 6.08. The molecule has 0 spiro atoms. The van der Waals surface area contributed by atoms with E-state index in [4.69, 9.17) is 4.74 Å². The lowest BCUT2D eigenvalue weighted by Gasteiger charge is -2.20. The van der Waals surface area contributed by atoms with Crippen molar-refractivity contribution < 1.29 is 4.74 Å². The Balaban J connectivity index is 0.00000200. The zero-order chi connectivity index (χ0) is 13.5. The van der Waals surface area contributed by atoms with E-state index in [1.807, 2.05) is 12.1 Å². The summed E-state index contributed by atoms with van der Waals surface area (Å²) in [5.74, 6) is 0. The number of benzene rings is 2. The summed E-state index contributed by atoms with van der Waals surface area (Å²) in [4.78, 5) is 2.13. The topological polar surface area (TPSA) is 47.5 Å². The smallest absolute Gasteiger partial charge is 0.108 e. The van der Waals surface area contributed by atoms with Crippen molar-refractivity contribution in [2.24, 2.45) is 0 Å². The maximum atomic E-state index is 6.08. The van der Waals surface area contributed by atoms with Crippen LogP contribution in [0.15, 0.2) is 60.7 Å². The van der Waals surface area contributed by atoms with Crippen LogP contribution in [0.2, 0.25) is 0 Å². The lowest BCUT2D eigenvalue weighted by molar-refractivity contribution is 0.0687. The monoisotopic (exact) mass is 272 g/mol. The molecule has 0 saturated carbocycles. The molecule has 0 atom stereocenters. The molecular weight excluding hydrogens is 248 g/mol. The molecule has 20 heavy (non-hydrogen) atoms. The molecule has 0 radical (unpaired) electrons. The van der Waals surface area contributed by atoms with Crippen LogP contribution in [0, 0.1) is 0 Å². The number of hydrogen-bond donors (Lipinski definition) is 1. The number of nitrogens with zero attached hydrogens (tertiary/aromatic N) is 1. The minimum absolute atomic E-state index is 0. The highest BCUT2D eigenvalue weighted by Crippen LogP contribution is 2.25. The Morgan fingerprint density at radius 1 is 0.850 bits per heavy atom. The van der Waals surface area contributed by atoms with Gasteiger partial charge in [0, 0.05) is 6.54 Å². The fourth-order valence-corrected chi connectivity index (χ4v) is 1.99. The normalized spacial score (nSPS) is 10.6. The van der Waals surface area contributed by atoms with Crippen LogP contribution in [-0.4, -0.2) is 32.1 Å². The van der Waals surface area contributed by atoms with E-state index in [0.717, 1.165) is 13.2 Å². The van der Waals surface area contributed by atoms with Gasteiger partial charge in [-0.3, -0.25) is 0 Å².